The molecule has 1 rings (SSSR count). The van der Waals surface area contributed by atoms with Gasteiger partial charge >= 0.3 is 0 Å². The number of piperidine rings is 1. The largest absolute Gasteiger partial charge is 0.329 e. The summed E-state index contributed by atoms with van der Waals surface area (Å²) < 4.78 is 0. The minimum Gasteiger partial charge on any atom is -0.329 e. The van der Waals surface area contributed by atoms with Gasteiger partial charge in [0, 0.05) is 18.6 Å². The Morgan fingerprint density at radius 3 is 2.05 bits per heavy atom. The molecule has 0 amide bonds. The first-order valence-electron chi connectivity index (χ1n) is 8.53. The Hall–Kier alpha value is -0.120. The van der Waals surface area contributed by atoms with Crippen LogP contribution in [0.15, 0.2) is 0 Å². The van der Waals surface area contributed by atoms with E-state index >= 15 is 0 Å². The van der Waals surface area contributed by atoms with Crippen molar-refractivity contribution in [1.82, 2.24) is 9.80 Å². The van der Waals surface area contributed by atoms with Crippen molar-refractivity contribution in [3.63, 3.8) is 0 Å². The first-order chi connectivity index (χ1) is 9.39. The van der Waals surface area contributed by atoms with E-state index in [2.05, 4.69) is 44.5 Å². The maximum atomic E-state index is 6.25. The molecule has 1 aliphatic heterocycles. The summed E-state index contributed by atoms with van der Waals surface area (Å²) in [6, 6.07) is 0. The van der Waals surface area contributed by atoms with E-state index in [0.717, 1.165) is 24.9 Å². The van der Waals surface area contributed by atoms with Gasteiger partial charge in [0.15, 0.2) is 0 Å². The van der Waals surface area contributed by atoms with Crippen molar-refractivity contribution < 1.29 is 0 Å². The highest BCUT2D eigenvalue weighted by atomic mass is 15.3. The van der Waals surface area contributed by atoms with Crippen molar-refractivity contribution in [3.05, 3.63) is 0 Å². The van der Waals surface area contributed by atoms with Crippen molar-refractivity contribution >= 4 is 0 Å². The van der Waals surface area contributed by atoms with Gasteiger partial charge in [-0.25, -0.2) is 0 Å². The molecule has 0 aromatic heterocycles. The predicted molar refractivity (Wildman–Crippen MR) is 89.0 cm³/mol. The molecule has 0 radical (unpaired) electrons. The summed E-state index contributed by atoms with van der Waals surface area (Å²) in [7, 11) is 2.24. The van der Waals surface area contributed by atoms with E-state index in [1.54, 1.807) is 0 Å². The molecule has 0 aliphatic carbocycles. The van der Waals surface area contributed by atoms with Gasteiger partial charge < -0.3 is 10.6 Å². The van der Waals surface area contributed by atoms with E-state index in [9.17, 15) is 0 Å². The number of hydrogen-bond acceptors (Lipinski definition) is 3. The summed E-state index contributed by atoms with van der Waals surface area (Å²) in [4.78, 5) is 5.19. The van der Waals surface area contributed by atoms with E-state index < -0.39 is 0 Å². The highest BCUT2D eigenvalue weighted by molar-refractivity contribution is 4.97. The van der Waals surface area contributed by atoms with Crippen molar-refractivity contribution in [2.75, 3.05) is 39.8 Å². The SMILES string of the molecule is CC(C)CCN(CCC(C)C)C1(CN)CCCN(C)C1. The van der Waals surface area contributed by atoms with Crippen LogP contribution in [0.3, 0.4) is 0 Å². The van der Waals surface area contributed by atoms with Crippen LogP contribution < -0.4 is 5.73 Å². The molecule has 1 saturated heterocycles. The topological polar surface area (TPSA) is 32.5 Å². The Bertz CT molecular complexity index is 253. The molecule has 1 atom stereocenters. The third-order valence-electron chi connectivity index (χ3n) is 4.75. The third-order valence-corrected chi connectivity index (χ3v) is 4.75. The quantitative estimate of drug-likeness (QED) is 0.743. The number of likely N-dealkylation sites (N-methyl/N-ethyl adjacent to an activating group) is 1. The molecule has 20 heavy (non-hydrogen) atoms. The zero-order valence-electron chi connectivity index (χ0n) is 14.5. The van der Waals surface area contributed by atoms with E-state index in [1.807, 2.05) is 0 Å². The second-order valence-corrected chi connectivity index (χ2v) is 7.62. The van der Waals surface area contributed by atoms with Crippen molar-refractivity contribution in [3.8, 4) is 0 Å². The Morgan fingerprint density at radius 2 is 1.65 bits per heavy atom. The fourth-order valence-corrected chi connectivity index (χ4v) is 3.31. The predicted octanol–water partition coefficient (Wildman–Crippen LogP) is 2.80. The van der Waals surface area contributed by atoms with Gasteiger partial charge in [0.25, 0.3) is 0 Å². The Kier molecular flexibility index (Phi) is 7.49. The summed E-state index contributed by atoms with van der Waals surface area (Å²) >= 11 is 0. The van der Waals surface area contributed by atoms with Crippen LogP contribution in [0, 0.1) is 11.8 Å². The Balaban J connectivity index is 2.75. The first kappa shape index (κ1) is 17.9. The van der Waals surface area contributed by atoms with Gasteiger partial charge in [-0.05, 0) is 64.2 Å². The molecule has 3 heteroatoms. The number of nitrogens with zero attached hydrogens (tertiary/aromatic N) is 2. The van der Waals surface area contributed by atoms with Gasteiger partial charge in [-0.1, -0.05) is 27.7 Å². The van der Waals surface area contributed by atoms with Gasteiger partial charge in [-0.2, -0.15) is 0 Å². The molecule has 0 aromatic carbocycles. The Labute approximate surface area is 126 Å². The maximum absolute atomic E-state index is 6.25. The van der Waals surface area contributed by atoms with E-state index in [0.29, 0.717) is 0 Å². The van der Waals surface area contributed by atoms with Crippen LogP contribution in [0.4, 0.5) is 0 Å². The van der Waals surface area contributed by atoms with Crippen LogP contribution >= 0.6 is 0 Å². The normalized spacial score (nSPS) is 25.1. The highest BCUT2D eigenvalue weighted by Crippen LogP contribution is 2.28. The second kappa shape index (κ2) is 8.35. The summed E-state index contributed by atoms with van der Waals surface area (Å²) in [6.45, 7) is 14.9. The lowest BCUT2D eigenvalue weighted by Crippen LogP contribution is -2.62. The molecular weight excluding hydrogens is 246 g/mol. The monoisotopic (exact) mass is 283 g/mol. The van der Waals surface area contributed by atoms with Gasteiger partial charge in [0.1, 0.15) is 0 Å². The van der Waals surface area contributed by atoms with Crippen LogP contribution in [0.1, 0.15) is 53.4 Å². The number of likely N-dealkylation sites (tertiary alicyclic amines) is 1. The van der Waals surface area contributed by atoms with Crippen LogP contribution in [-0.2, 0) is 0 Å². The molecule has 1 unspecified atom stereocenters. The molecule has 0 spiro atoms. The van der Waals surface area contributed by atoms with Crippen LogP contribution in [0.5, 0.6) is 0 Å². The number of hydrogen-bond donors (Lipinski definition) is 1. The molecule has 1 heterocycles. The molecule has 2 N–H and O–H groups in total. The number of rotatable bonds is 8. The average molecular weight is 284 g/mol. The van der Waals surface area contributed by atoms with E-state index in [-0.39, 0.29) is 5.54 Å². The number of nitrogens with two attached hydrogens (primary N) is 1. The van der Waals surface area contributed by atoms with Gasteiger partial charge in [-0.3, -0.25) is 4.90 Å². The molecule has 0 saturated carbocycles. The third kappa shape index (κ3) is 5.34. The van der Waals surface area contributed by atoms with Crippen molar-refractivity contribution in [1.29, 1.82) is 0 Å². The molecule has 0 bridgehead atoms. The Morgan fingerprint density at radius 1 is 1.10 bits per heavy atom. The van der Waals surface area contributed by atoms with E-state index in [4.69, 9.17) is 5.73 Å². The standard InChI is InChI=1S/C17H37N3/c1-15(2)7-11-20(12-8-16(3)4)17(13-18)9-6-10-19(5)14-17/h15-16H,6-14,18H2,1-5H3. The fraction of sp³-hybridized carbons (Fsp3) is 1.00. The molecule has 120 valence electrons. The maximum Gasteiger partial charge on any atom is 0.0458 e. The lowest BCUT2D eigenvalue weighted by Gasteiger charge is -2.49. The molecule has 3 nitrogen and oxygen atoms in total. The zero-order valence-corrected chi connectivity index (χ0v) is 14.5. The fourth-order valence-electron chi connectivity index (χ4n) is 3.31. The lowest BCUT2D eigenvalue weighted by atomic mass is 9.86. The lowest BCUT2D eigenvalue weighted by molar-refractivity contribution is 0.0197. The smallest absolute Gasteiger partial charge is 0.0458 e. The zero-order chi connectivity index (χ0) is 15.2. The van der Waals surface area contributed by atoms with Gasteiger partial charge in [0.05, 0.1) is 0 Å². The second-order valence-electron chi connectivity index (χ2n) is 7.62. The summed E-state index contributed by atoms with van der Waals surface area (Å²) in [5.41, 5.74) is 6.46. The summed E-state index contributed by atoms with van der Waals surface area (Å²) in [5, 5.41) is 0. The van der Waals surface area contributed by atoms with Gasteiger partial charge in [0.2, 0.25) is 0 Å². The minimum atomic E-state index is 0.219. The van der Waals surface area contributed by atoms with Crippen LogP contribution in [-0.4, -0.2) is 55.1 Å². The summed E-state index contributed by atoms with van der Waals surface area (Å²) in [6.07, 6.45) is 5.12. The first-order valence-corrected chi connectivity index (χ1v) is 8.53. The van der Waals surface area contributed by atoms with Crippen molar-refractivity contribution in [2.45, 2.75) is 58.9 Å². The average Bonchev–Trinajstić information content (AvgIpc) is 2.37. The van der Waals surface area contributed by atoms with Crippen LogP contribution in [0.25, 0.3) is 0 Å². The molecule has 1 fully saturated rings. The van der Waals surface area contributed by atoms with Gasteiger partial charge in [-0.15, -0.1) is 0 Å². The minimum absolute atomic E-state index is 0.219. The molecular formula is C17H37N3. The van der Waals surface area contributed by atoms with Crippen molar-refractivity contribution in [2.24, 2.45) is 17.6 Å². The van der Waals surface area contributed by atoms with E-state index in [1.165, 1.54) is 45.3 Å². The molecule has 1 aliphatic rings. The molecule has 0 aromatic rings. The highest BCUT2D eigenvalue weighted by Gasteiger charge is 2.38. The van der Waals surface area contributed by atoms with Crippen LogP contribution in [0.2, 0.25) is 0 Å². The summed E-state index contributed by atoms with van der Waals surface area (Å²) in [5.74, 6) is 1.54.